The Bertz CT molecular complexity index is 1040. The second kappa shape index (κ2) is 9.04. The summed E-state index contributed by atoms with van der Waals surface area (Å²) in [5.41, 5.74) is 0.0506. The number of ether oxygens (including phenoxy) is 4. The van der Waals surface area contributed by atoms with E-state index in [1.807, 2.05) is 0 Å². The van der Waals surface area contributed by atoms with Crippen molar-refractivity contribution >= 4 is 5.78 Å². The maximum Gasteiger partial charge on any atom is 0.229 e. The molecule has 0 aliphatic carbocycles. The summed E-state index contributed by atoms with van der Waals surface area (Å²) in [5.74, 6) is -0.727. The molecule has 1 fully saturated rings. The Morgan fingerprint density at radius 1 is 1.06 bits per heavy atom. The molecule has 2 aliphatic heterocycles. The van der Waals surface area contributed by atoms with E-state index in [1.165, 1.54) is 37.4 Å². The number of ketones is 1. The lowest BCUT2D eigenvalue weighted by molar-refractivity contribution is -0.277. The highest BCUT2D eigenvalue weighted by atomic mass is 16.7. The standard InChI is InChI=1S/C22H24O11/c1-30-9-5-11(25)17-12(26)7-15(31-14(17)6-9)18-10(24)3-2-4-13(18)32-22-21(29)20(28)19(27)16(8-23)33-22/h2-6,15-16,19-25,27-29H,7-8H2,1H3/t15-,16+,19+,20-,21+,22+/m0/s1. The number of phenolic OH excluding ortho intramolecular Hbond substituents is 2. The lowest BCUT2D eigenvalue weighted by atomic mass is 9.94. The topological polar surface area (TPSA) is 175 Å². The van der Waals surface area contributed by atoms with Gasteiger partial charge >= 0.3 is 0 Å². The first-order chi connectivity index (χ1) is 15.7. The largest absolute Gasteiger partial charge is 0.507 e. The van der Waals surface area contributed by atoms with E-state index in [9.17, 15) is 35.4 Å². The number of aliphatic hydroxyl groups is 4. The Morgan fingerprint density at radius 3 is 2.52 bits per heavy atom. The van der Waals surface area contributed by atoms with Crippen LogP contribution in [0.25, 0.3) is 0 Å². The molecule has 33 heavy (non-hydrogen) atoms. The molecule has 2 heterocycles. The van der Waals surface area contributed by atoms with Crippen LogP contribution in [0, 0.1) is 0 Å². The van der Waals surface area contributed by atoms with Crippen molar-refractivity contribution in [1.82, 2.24) is 0 Å². The fraction of sp³-hybridized carbons (Fsp3) is 0.409. The van der Waals surface area contributed by atoms with Gasteiger partial charge in [0.25, 0.3) is 0 Å². The van der Waals surface area contributed by atoms with Crippen LogP contribution in [0.1, 0.15) is 28.4 Å². The van der Waals surface area contributed by atoms with E-state index in [0.717, 1.165) is 0 Å². The van der Waals surface area contributed by atoms with Gasteiger partial charge in [-0.25, -0.2) is 0 Å². The third kappa shape index (κ3) is 4.16. The van der Waals surface area contributed by atoms with Crippen molar-refractivity contribution in [2.75, 3.05) is 13.7 Å². The minimum absolute atomic E-state index is 0.0149. The summed E-state index contributed by atoms with van der Waals surface area (Å²) in [5, 5.41) is 60.3. The molecule has 0 aromatic heterocycles. The van der Waals surface area contributed by atoms with Crippen LogP contribution in [-0.4, -0.2) is 80.8 Å². The van der Waals surface area contributed by atoms with Crippen molar-refractivity contribution in [1.29, 1.82) is 0 Å². The summed E-state index contributed by atoms with van der Waals surface area (Å²) in [6.07, 6.45) is -8.86. The molecule has 0 radical (unpaired) electrons. The monoisotopic (exact) mass is 464 g/mol. The molecule has 2 aromatic rings. The molecule has 0 bridgehead atoms. The lowest BCUT2D eigenvalue weighted by Crippen LogP contribution is -2.60. The van der Waals surface area contributed by atoms with Gasteiger partial charge < -0.3 is 49.6 Å². The number of phenols is 2. The Kier molecular flexibility index (Phi) is 6.32. The Balaban J connectivity index is 1.67. The molecule has 4 rings (SSSR count). The Labute approximate surface area is 188 Å². The van der Waals surface area contributed by atoms with Gasteiger partial charge in [-0.1, -0.05) is 6.07 Å². The van der Waals surface area contributed by atoms with E-state index in [2.05, 4.69) is 0 Å². The van der Waals surface area contributed by atoms with E-state index in [1.54, 1.807) is 0 Å². The van der Waals surface area contributed by atoms with E-state index in [4.69, 9.17) is 18.9 Å². The fourth-order valence-electron chi connectivity index (χ4n) is 3.94. The van der Waals surface area contributed by atoms with Crippen LogP contribution in [0.3, 0.4) is 0 Å². The molecule has 0 spiro atoms. The second-order valence-electron chi connectivity index (χ2n) is 7.76. The summed E-state index contributed by atoms with van der Waals surface area (Å²) in [7, 11) is 1.39. The van der Waals surface area contributed by atoms with Gasteiger partial charge in [0.2, 0.25) is 6.29 Å². The zero-order valence-corrected chi connectivity index (χ0v) is 17.5. The minimum atomic E-state index is -1.67. The van der Waals surface area contributed by atoms with Crippen LogP contribution in [0.5, 0.6) is 28.7 Å². The van der Waals surface area contributed by atoms with Crippen molar-refractivity contribution in [3.63, 3.8) is 0 Å². The number of hydrogen-bond acceptors (Lipinski definition) is 11. The molecular formula is C22H24O11. The predicted octanol–water partition coefficient (Wildman–Crippen LogP) is -0.00840. The van der Waals surface area contributed by atoms with Crippen LogP contribution < -0.4 is 14.2 Å². The Morgan fingerprint density at radius 2 is 1.82 bits per heavy atom. The molecule has 2 aromatic carbocycles. The summed E-state index contributed by atoms with van der Waals surface area (Å²) < 4.78 is 22.1. The molecule has 2 aliphatic rings. The average molecular weight is 464 g/mol. The number of rotatable bonds is 5. The van der Waals surface area contributed by atoms with E-state index in [0.29, 0.717) is 0 Å². The molecule has 6 N–H and O–H groups in total. The minimum Gasteiger partial charge on any atom is -0.507 e. The van der Waals surface area contributed by atoms with Gasteiger partial charge in [-0.2, -0.15) is 0 Å². The van der Waals surface area contributed by atoms with Gasteiger partial charge in [0.05, 0.1) is 25.7 Å². The van der Waals surface area contributed by atoms with Gasteiger partial charge in [0.15, 0.2) is 5.78 Å². The third-order valence-corrected chi connectivity index (χ3v) is 5.67. The van der Waals surface area contributed by atoms with Crippen LogP contribution in [0.15, 0.2) is 30.3 Å². The molecule has 178 valence electrons. The molecular weight excluding hydrogens is 440 g/mol. The smallest absolute Gasteiger partial charge is 0.229 e. The summed E-state index contributed by atoms with van der Waals surface area (Å²) in [4.78, 5) is 12.8. The number of carbonyl (C=O) groups excluding carboxylic acids is 1. The second-order valence-corrected chi connectivity index (χ2v) is 7.76. The predicted molar refractivity (Wildman–Crippen MR) is 109 cm³/mol. The lowest BCUT2D eigenvalue weighted by Gasteiger charge is -2.40. The van der Waals surface area contributed by atoms with Crippen molar-refractivity contribution in [3.8, 4) is 28.7 Å². The average Bonchev–Trinajstić information content (AvgIpc) is 2.78. The maximum atomic E-state index is 12.8. The number of methoxy groups -OCH3 is 1. The van der Waals surface area contributed by atoms with Gasteiger partial charge in [0, 0.05) is 12.1 Å². The van der Waals surface area contributed by atoms with E-state index >= 15 is 0 Å². The van der Waals surface area contributed by atoms with Crippen molar-refractivity contribution in [2.24, 2.45) is 0 Å². The number of carbonyl (C=O) groups is 1. The van der Waals surface area contributed by atoms with Crippen molar-refractivity contribution in [3.05, 3.63) is 41.5 Å². The highest BCUT2D eigenvalue weighted by Gasteiger charge is 2.45. The van der Waals surface area contributed by atoms with Gasteiger partial charge in [-0.05, 0) is 12.1 Å². The van der Waals surface area contributed by atoms with Crippen molar-refractivity contribution in [2.45, 2.75) is 43.2 Å². The Hall–Kier alpha value is -3.09. The fourth-order valence-corrected chi connectivity index (χ4v) is 3.94. The first-order valence-electron chi connectivity index (χ1n) is 10.1. The number of fused-ring (bicyclic) bond motifs is 1. The van der Waals surface area contributed by atoms with E-state index < -0.39 is 49.2 Å². The van der Waals surface area contributed by atoms with Crippen molar-refractivity contribution < 1.29 is 54.4 Å². The molecule has 0 saturated carbocycles. The quantitative estimate of drug-likeness (QED) is 0.351. The van der Waals surface area contributed by atoms with Crippen LogP contribution in [0.2, 0.25) is 0 Å². The number of hydrogen-bond donors (Lipinski definition) is 6. The molecule has 1 saturated heterocycles. The highest BCUT2D eigenvalue weighted by Crippen LogP contribution is 2.46. The van der Waals surface area contributed by atoms with E-state index in [-0.39, 0.29) is 46.3 Å². The first-order valence-corrected chi connectivity index (χ1v) is 10.1. The summed E-state index contributed by atoms with van der Waals surface area (Å²) >= 11 is 0. The van der Waals surface area contributed by atoms with Crippen LogP contribution in [0.4, 0.5) is 0 Å². The zero-order valence-electron chi connectivity index (χ0n) is 17.5. The molecule has 0 unspecified atom stereocenters. The molecule has 0 amide bonds. The number of aliphatic hydroxyl groups excluding tert-OH is 4. The number of aromatic hydroxyl groups is 2. The third-order valence-electron chi connectivity index (χ3n) is 5.67. The first kappa shape index (κ1) is 23.1. The van der Waals surface area contributed by atoms with Gasteiger partial charge in [-0.15, -0.1) is 0 Å². The molecule has 11 heteroatoms. The maximum absolute atomic E-state index is 12.8. The van der Waals surface area contributed by atoms with Gasteiger partial charge in [-0.3, -0.25) is 4.79 Å². The summed E-state index contributed by atoms with van der Waals surface area (Å²) in [6.45, 7) is -0.639. The zero-order chi connectivity index (χ0) is 23.9. The number of benzene rings is 2. The van der Waals surface area contributed by atoms with Crippen LogP contribution >= 0.6 is 0 Å². The van der Waals surface area contributed by atoms with Gasteiger partial charge in [0.1, 0.15) is 64.8 Å². The van der Waals surface area contributed by atoms with Crippen LogP contribution in [-0.2, 0) is 4.74 Å². The molecule has 6 atom stereocenters. The molecule has 11 nitrogen and oxygen atoms in total. The SMILES string of the molecule is COc1cc(O)c2c(c1)O[C@H](c1c(O)cccc1O[C@@H]1O[C@H](CO)[C@@H](O)[C@H](O)[C@H]1O)CC2=O. The number of Topliss-reactive ketones (excluding diaryl/α,β-unsaturated/α-hetero) is 1. The normalized spacial score (nSPS) is 29.2. The highest BCUT2D eigenvalue weighted by molar-refractivity contribution is 6.02. The summed E-state index contributed by atoms with van der Waals surface area (Å²) in [6, 6.07) is 6.95.